The molecule has 27 heavy (non-hydrogen) atoms. The van der Waals surface area contributed by atoms with Crippen molar-refractivity contribution in [1.29, 1.82) is 0 Å². The molecule has 0 bridgehead atoms. The summed E-state index contributed by atoms with van der Waals surface area (Å²) in [5.74, 6) is -0.795. The van der Waals surface area contributed by atoms with Crippen LogP contribution in [0.3, 0.4) is 0 Å². The zero-order valence-corrected chi connectivity index (χ0v) is 17.5. The van der Waals surface area contributed by atoms with E-state index in [1.54, 1.807) is 20.8 Å². The summed E-state index contributed by atoms with van der Waals surface area (Å²) < 4.78 is 26.6. The Hall–Kier alpha value is -1.31. The number of hydrogen-bond acceptors (Lipinski definition) is 5. The van der Waals surface area contributed by atoms with Gasteiger partial charge in [-0.25, -0.2) is 8.42 Å². The number of sulfone groups is 1. The van der Waals surface area contributed by atoms with Crippen LogP contribution in [0.1, 0.15) is 46.5 Å². The third-order valence-electron chi connectivity index (χ3n) is 5.51. The van der Waals surface area contributed by atoms with E-state index in [0.29, 0.717) is 12.8 Å². The Balaban J connectivity index is 1.93. The topological polar surface area (TPSA) is 86.7 Å². The average molecular weight is 415 g/mol. The standard InChI is InChI=1S/C19H27ClN2O4S/c1-19(2,3)18(24)21-15-7-6-14(20)17(16(15)23)27(25,26)13-8-10-22-9-4-5-12(22)11-13/h6-7,12-13,23H,4-5,8-11H2,1-3H3,(H,21,24). The molecule has 2 fully saturated rings. The van der Waals surface area contributed by atoms with Gasteiger partial charge in [-0.3, -0.25) is 4.79 Å². The number of nitrogens with zero attached hydrogens (tertiary/aromatic N) is 1. The molecule has 2 aliphatic heterocycles. The predicted octanol–water partition coefficient (Wildman–Crippen LogP) is 3.43. The zero-order chi connectivity index (χ0) is 20.0. The molecule has 150 valence electrons. The molecule has 6 nitrogen and oxygen atoms in total. The molecule has 3 rings (SSSR count). The van der Waals surface area contributed by atoms with Gasteiger partial charge in [-0.15, -0.1) is 0 Å². The SMILES string of the molecule is CC(C)(C)C(=O)Nc1ccc(Cl)c(S(=O)(=O)C2CCN3CCCC3C2)c1O. The Kier molecular flexibility index (Phi) is 5.49. The van der Waals surface area contributed by atoms with E-state index in [1.807, 2.05) is 0 Å². The molecule has 0 saturated carbocycles. The second kappa shape index (κ2) is 7.26. The predicted molar refractivity (Wildman–Crippen MR) is 106 cm³/mol. The van der Waals surface area contributed by atoms with E-state index in [9.17, 15) is 18.3 Å². The summed E-state index contributed by atoms with van der Waals surface area (Å²) >= 11 is 6.18. The first-order valence-electron chi connectivity index (χ1n) is 9.32. The molecule has 2 unspecified atom stereocenters. The Morgan fingerprint density at radius 1 is 1.26 bits per heavy atom. The van der Waals surface area contributed by atoms with Gasteiger partial charge in [0.1, 0.15) is 4.90 Å². The number of fused-ring (bicyclic) bond motifs is 1. The van der Waals surface area contributed by atoms with Gasteiger partial charge in [0, 0.05) is 11.5 Å². The van der Waals surface area contributed by atoms with Crippen LogP contribution in [-0.4, -0.2) is 48.7 Å². The van der Waals surface area contributed by atoms with Crippen molar-refractivity contribution in [3.8, 4) is 5.75 Å². The fraction of sp³-hybridized carbons (Fsp3) is 0.632. The van der Waals surface area contributed by atoms with Crippen LogP contribution >= 0.6 is 11.6 Å². The Morgan fingerprint density at radius 3 is 2.63 bits per heavy atom. The van der Waals surface area contributed by atoms with Gasteiger partial charge in [0.2, 0.25) is 5.91 Å². The van der Waals surface area contributed by atoms with Crippen LogP contribution in [0.5, 0.6) is 5.75 Å². The number of rotatable bonds is 3. The summed E-state index contributed by atoms with van der Waals surface area (Å²) in [6, 6.07) is 3.13. The van der Waals surface area contributed by atoms with Crippen LogP contribution in [-0.2, 0) is 14.6 Å². The number of halogens is 1. The summed E-state index contributed by atoms with van der Waals surface area (Å²) in [5, 5.41) is 12.7. The molecular weight excluding hydrogens is 388 g/mol. The van der Waals surface area contributed by atoms with Gasteiger partial charge in [-0.1, -0.05) is 32.4 Å². The summed E-state index contributed by atoms with van der Waals surface area (Å²) in [4.78, 5) is 14.3. The van der Waals surface area contributed by atoms with Crippen molar-refractivity contribution >= 4 is 33.0 Å². The van der Waals surface area contributed by atoms with Crippen molar-refractivity contribution < 1.29 is 18.3 Å². The quantitative estimate of drug-likeness (QED) is 0.740. The maximum atomic E-state index is 13.3. The number of anilines is 1. The number of carbonyl (C=O) groups is 1. The van der Waals surface area contributed by atoms with Crippen molar-refractivity contribution in [3.05, 3.63) is 17.2 Å². The lowest BCUT2D eigenvalue weighted by Crippen LogP contribution is -2.43. The number of aromatic hydroxyl groups is 1. The molecule has 0 radical (unpaired) electrons. The summed E-state index contributed by atoms with van der Waals surface area (Å²) in [6.07, 6.45) is 3.18. The van der Waals surface area contributed by atoms with Crippen LogP contribution in [0.25, 0.3) is 0 Å². The highest BCUT2D eigenvalue weighted by atomic mass is 35.5. The largest absolute Gasteiger partial charge is 0.504 e. The highest BCUT2D eigenvalue weighted by Gasteiger charge is 2.40. The van der Waals surface area contributed by atoms with Crippen molar-refractivity contribution in [2.45, 2.75) is 62.6 Å². The first-order valence-corrected chi connectivity index (χ1v) is 11.2. The number of carbonyl (C=O) groups excluding carboxylic acids is 1. The second-order valence-corrected chi connectivity index (χ2v) is 11.1. The molecule has 2 atom stereocenters. The molecule has 1 aromatic carbocycles. The lowest BCUT2D eigenvalue weighted by molar-refractivity contribution is -0.123. The molecule has 2 N–H and O–H groups in total. The Morgan fingerprint density at radius 2 is 1.96 bits per heavy atom. The van der Waals surface area contributed by atoms with Crippen LogP contribution in [0.2, 0.25) is 5.02 Å². The van der Waals surface area contributed by atoms with Crippen LogP contribution in [0, 0.1) is 5.41 Å². The van der Waals surface area contributed by atoms with Gasteiger partial charge < -0.3 is 15.3 Å². The van der Waals surface area contributed by atoms with Gasteiger partial charge in [0.25, 0.3) is 0 Å². The Labute approximate surface area is 165 Å². The highest BCUT2D eigenvalue weighted by molar-refractivity contribution is 7.92. The number of amides is 1. The summed E-state index contributed by atoms with van der Waals surface area (Å²) in [6.45, 7) is 6.98. The minimum absolute atomic E-state index is 0.0184. The normalized spacial score (nSPS) is 23.9. The maximum absolute atomic E-state index is 13.3. The van der Waals surface area contributed by atoms with E-state index in [1.165, 1.54) is 12.1 Å². The number of hydrogen-bond donors (Lipinski definition) is 2. The molecule has 1 amide bonds. The van der Waals surface area contributed by atoms with E-state index in [-0.39, 0.29) is 27.6 Å². The second-order valence-electron chi connectivity index (χ2n) is 8.50. The number of phenolic OH excluding ortho intramolecular Hbond substituents is 1. The van der Waals surface area contributed by atoms with Gasteiger partial charge in [-0.2, -0.15) is 0 Å². The molecule has 2 heterocycles. The van der Waals surface area contributed by atoms with Gasteiger partial charge in [0.15, 0.2) is 15.6 Å². The third kappa shape index (κ3) is 3.96. The van der Waals surface area contributed by atoms with E-state index < -0.39 is 26.3 Å². The molecule has 2 saturated heterocycles. The van der Waals surface area contributed by atoms with E-state index in [2.05, 4.69) is 10.2 Å². The number of nitrogens with one attached hydrogen (secondary N) is 1. The molecule has 8 heteroatoms. The molecule has 0 spiro atoms. The van der Waals surface area contributed by atoms with Gasteiger partial charge >= 0.3 is 0 Å². The highest BCUT2D eigenvalue weighted by Crippen LogP contribution is 2.42. The number of piperidine rings is 1. The summed E-state index contributed by atoms with van der Waals surface area (Å²) in [7, 11) is -3.82. The Bertz CT molecular complexity index is 848. The fourth-order valence-corrected chi connectivity index (χ4v) is 6.28. The zero-order valence-electron chi connectivity index (χ0n) is 16.0. The van der Waals surface area contributed by atoms with E-state index >= 15 is 0 Å². The van der Waals surface area contributed by atoms with Crippen LogP contribution in [0.15, 0.2) is 17.0 Å². The number of phenols is 1. The summed E-state index contributed by atoms with van der Waals surface area (Å²) in [5.41, 5.74) is -0.614. The van der Waals surface area contributed by atoms with Gasteiger partial charge in [-0.05, 0) is 50.9 Å². The molecule has 1 aromatic rings. The first kappa shape index (κ1) is 20.4. The van der Waals surface area contributed by atoms with Gasteiger partial charge in [0.05, 0.1) is 16.0 Å². The van der Waals surface area contributed by atoms with E-state index in [4.69, 9.17) is 11.6 Å². The molecular formula is C19H27ClN2O4S. The third-order valence-corrected chi connectivity index (χ3v) is 8.22. The fourth-order valence-electron chi connectivity index (χ4n) is 3.86. The molecule has 0 aliphatic carbocycles. The van der Waals surface area contributed by atoms with Crippen LogP contribution < -0.4 is 5.32 Å². The van der Waals surface area contributed by atoms with E-state index in [0.717, 1.165) is 25.9 Å². The minimum Gasteiger partial charge on any atom is -0.504 e. The van der Waals surface area contributed by atoms with Crippen molar-refractivity contribution in [1.82, 2.24) is 4.90 Å². The molecule has 2 aliphatic rings. The maximum Gasteiger partial charge on any atom is 0.229 e. The lowest BCUT2D eigenvalue weighted by atomic mass is 9.95. The lowest BCUT2D eigenvalue weighted by Gasteiger charge is -2.34. The van der Waals surface area contributed by atoms with Crippen LogP contribution in [0.4, 0.5) is 5.69 Å². The monoisotopic (exact) mass is 414 g/mol. The minimum atomic E-state index is -3.82. The molecule has 0 aromatic heterocycles. The first-order chi connectivity index (χ1) is 12.5. The van der Waals surface area contributed by atoms with Crippen molar-refractivity contribution in [2.24, 2.45) is 5.41 Å². The smallest absolute Gasteiger partial charge is 0.229 e. The number of benzene rings is 1. The van der Waals surface area contributed by atoms with Crippen molar-refractivity contribution in [2.75, 3.05) is 18.4 Å². The average Bonchev–Trinajstić information content (AvgIpc) is 3.04. The van der Waals surface area contributed by atoms with Crippen molar-refractivity contribution in [3.63, 3.8) is 0 Å².